The molecule has 2 N–H and O–H groups in total. The second-order valence-corrected chi connectivity index (χ2v) is 10.7. The van der Waals surface area contributed by atoms with Gasteiger partial charge in [0.1, 0.15) is 0 Å². The van der Waals surface area contributed by atoms with Crippen LogP contribution in [-0.2, 0) is 24.7 Å². The molecule has 26 heavy (non-hydrogen) atoms. The van der Waals surface area contributed by atoms with Crippen molar-refractivity contribution in [3.8, 4) is 0 Å². The molecule has 1 aliphatic rings. The number of hydrogen-bond donors (Lipinski definition) is 1. The fraction of sp³-hybridized carbons (Fsp3) is 0.562. The van der Waals surface area contributed by atoms with Crippen molar-refractivity contribution in [2.24, 2.45) is 5.73 Å². The van der Waals surface area contributed by atoms with Crippen LogP contribution in [0, 0.1) is 6.92 Å². The first-order valence-electron chi connectivity index (χ1n) is 8.38. The van der Waals surface area contributed by atoms with Gasteiger partial charge in [0.15, 0.2) is 9.84 Å². The number of carbonyl (C=O) groups excluding carboxylic acids is 1. The van der Waals surface area contributed by atoms with Gasteiger partial charge >= 0.3 is 0 Å². The van der Waals surface area contributed by atoms with Crippen molar-refractivity contribution in [1.82, 2.24) is 9.21 Å². The molecule has 0 radical (unpaired) electrons. The molecule has 1 fully saturated rings. The van der Waals surface area contributed by atoms with Crippen LogP contribution in [0.25, 0.3) is 0 Å². The van der Waals surface area contributed by atoms with Crippen molar-refractivity contribution >= 4 is 25.8 Å². The molecular formula is C16H25N3O5S2. The van der Waals surface area contributed by atoms with Gasteiger partial charge in [0.25, 0.3) is 0 Å². The van der Waals surface area contributed by atoms with Gasteiger partial charge in [-0.3, -0.25) is 9.69 Å². The fourth-order valence-electron chi connectivity index (χ4n) is 2.68. The first-order chi connectivity index (χ1) is 12.1. The van der Waals surface area contributed by atoms with Crippen molar-refractivity contribution in [2.45, 2.75) is 18.2 Å². The number of piperazine rings is 1. The fourth-order valence-corrected chi connectivity index (χ4v) is 5.35. The van der Waals surface area contributed by atoms with Crippen molar-refractivity contribution in [3.63, 3.8) is 0 Å². The van der Waals surface area contributed by atoms with Crippen LogP contribution < -0.4 is 5.73 Å². The zero-order valence-corrected chi connectivity index (χ0v) is 16.4. The first kappa shape index (κ1) is 20.8. The summed E-state index contributed by atoms with van der Waals surface area (Å²) in [6.45, 7) is 3.79. The molecule has 0 spiro atoms. The minimum atomic E-state index is -3.53. The lowest BCUT2D eigenvalue weighted by molar-refractivity contribution is -0.117. The standard InChI is InChI=1S/C16H25N3O5S2/c1-14-2-4-15(5-3-14)26(23,24)19-9-7-18(8-10-19)11-13-25(21,22)12-6-16(17)20/h2-5H,6-13H2,1H3,(H2,17,20). The number of hydrogen-bond acceptors (Lipinski definition) is 6. The molecule has 1 aromatic rings. The van der Waals surface area contributed by atoms with E-state index in [1.807, 2.05) is 11.8 Å². The summed E-state index contributed by atoms with van der Waals surface area (Å²) in [6, 6.07) is 6.73. The van der Waals surface area contributed by atoms with Crippen molar-refractivity contribution < 1.29 is 21.6 Å². The number of aryl methyl sites for hydroxylation is 1. The second-order valence-electron chi connectivity index (χ2n) is 6.43. The maximum Gasteiger partial charge on any atom is 0.243 e. The van der Waals surface area contributed by atoms with E-state index in [0.29, 0.717) is 32.7 Å². The molecule has 1 aromatic carbocycles. The van der Waals surface area contributed by atoms with Crippen LogP contribution in [0.1, 0.15) is 12.0 Å². The highest BCUT2D eigenvalue weighted by Gasteiger charge is 2.28. The lowest BCUT2D eigenvalue weighted by atomic mass is 10.2. The molecule has 0 aromatic heterocycles. The molecule has 10 heteroatoms. The number of primary amides is 1. The van der Waals surface area contributed by atoms with E-state index in [4.69, 9.17) is 5.73 Å². The van der Waals surface area contributed by atoms with E-state index in [9.17, 15) is 21.6 Å². The largest absolute Gasteiger partial charge is 0.370 e. The van der Waals surface area contributed by atoms with Gasteiger partial charge in [-0.1, -0.05) is 17.7 Å². The van der Waals surface area contributed by atoms with Crippen molar-refractivity contribution in [1.29, 1.82) is 0 Å². The molecule has 146 valence electrons. The zero-order chi connectivity index (χ0) is 19.4. The van der Waals surface area contributed by atoms with Crippen LogP contribution in [0.4, 0.5) is 0 Å². The summed E-state index contributed by atoms with van der Waals surface area (Å²) in [5, 5.41) is 0. The average Bonchev–Trinajstić information content (AvgIpc) is 2.59. The highest BCUT2D eigenvalue weighted by molar-refractivity contribution is 7.91. The summed E-state index contributed by atoms with van der Waals surface area (Å²) in [5.41, 5.74) is 5.97. The number of nitrogens with zero attached hydrogens (tertiary/aromatic N) is 2. The summed E-state index contributed by atoms with van der Waals surface area (Å²) in [7, 11) is -6.87. The van der Waals surface area contributed by atoms with E-state index in [-0.39, 0.29) is 22.8 Å². The molecule has 0 unspecified atom stereocenters. The molecule has 0 bridgehead atoms. The predicted octanol–water partition coefficient (Wildman–Crippen LogP) is -0.408. The quantitative estimate of drug-likeness (QED) is 0.631. The highest BCUT2D eigenvalue weighted by Crippen LogP contribution is 2.18. The van der Waals surface area contributed by atoms with Gasteiger partial charge in [-0.25, -0.2) is 16.8 Å². The summed E-state index contributed by atoms with van der Waals surface area (Å²) in [5.74, 6) is -0.946. The van der Waals surface area contributed by atoms with Crippen LogP contribution in [0.2, 0.25) is 0 Å². The molecule has 8 nitrogen and oxygen atoms in total. The monoisotopic (exact) mass is 403 g/mol. The Morgan fingerprint density at radius 3 is 2.12 bits per heavy atom. The normalized spacial score (nSPS) is 17.3. The van der Waals surface area contributed by atoms with Gasteiger partial charge in [0.05, 0.1) is 16.4 Å². The molecule has 0 saturated carbocycles. The minimum absolute atomic E-state index is 0.0645. The van der Waals surface area contributed by atoms with E-state index in [2.05, 4.69) is 0 Å². The van der Waals surface area contributed by atoms with Crippen LogP contribution in [0.3, 0.4) is 0 Å². The SMILES string of the molecule is Cc1ccc(S(=O)(=O)N2CCN(CCS(=O)(=O)CCC(N)=O)CC2)cc1. The summed E-state index contributed by atoms with van der Waals surface area (Å²) in [6.07, 6.45) is -0.176. The van der Waals surface area contributed by atoms with Gasteiger partial charge in [-0.15, -0.1) is 0 Å². The Labute approximate surface area is 154 Å². The zero-order valence-electron chi connectivity index (χ0n) is 14.8. The van der Waals surface area contributed by atoms with Crippen molar-refractivity contribution in [2.75, 3.05) is 44.2 Å². The van der Waals surface area contributed by atoms with E-state index in [1.54, 1.807) is 24.3 Å². The van der Waals surface area contributed by atoms with E-state index in [1.165, 1.54) is 4.31 Å². The Kier molecular flexibility index (Phi) is 6.78. The highest BCUT2D eigenvalue weighted by atomic mass is 32.2. The van der Waals surface area contributed by atoms with Gasteiger partial charge in [-0.05, 0) is 19.1 Å². The average molecular weight is 404 g/mol. The van der Waals surface area contributed by atoms with Crippen molar-refractivity contribution in [3.05, 3.63) is 29.8 Å². The molecule has 1 heterocycles. The van der Waals surface area contributed by atoms with Gasteiger partial charge < -0.3 is 5.73 Å². The summed E-state index contributed by atoms with van der Waals surface area (Å²) < 4.78 is 50.5. The summed E-state index contributed by atoms with van der Waals surface area (Å²) >= 11 is 0. The number of rotatable bonds is 8. The molecule has 1 saturated heterocycles. The van der Waals surface area contributed by atoms with Crippen LogP contribution in [-0.4, -0.2) is 76.2 Å². The van der Waals surface area contributed by atoms with Gasteiger partial charge in [0, 0.05) is 39.1 Å². The van der Waals surface area contributed by atoms with Crippen LogP contribution >= 0.6 is 0 Å². The number of amides is 1. The summed E-state index contributed by atoms with van der Waals surface area (Å²) in [4.78, 5) is 12.9. The topological polar surface area (TPSA) is 118 Å². The lowest BCUT2D eigenvalue weighted by Crippen LogP contribution is -2.49. The molecule has 1 amide bonds. The van der Waals surface area contributed by atoms with E-state index >= 15 is 0 Å². The predicted molar refractivity (Wildman–Crippen MR) is 98.8 cm³/mol. The third-order valence-electron chi connectivity index (χ3n) is 4.37. The number of carbonyl (C=O) groups is 1. The molecular weight excluding hydrogens is 378 g/mol. The van der Waals surface area contributed by atoms with Crippen LogP contribution in [0.15, 0.2) is 29.2 Å². The molecule has 1 aliphatic heterocycles. The first-order valence-corrected chi connectivity index (χ1v) is 11.6. The van der Waals surface area contributed by atoms with E-state index < -0.39 is 25.8 Å². The molecule has 2 rings (SSSR count). The van der Waals surface area contributed by atoms with E-state index in [0.717, 1.165) is 5.56 Å². The number of sulfone groups is 1. The maximum atomic E-state index is 12.6. The molecule has 0 atom stereocenters. The Morgan fingerprint density at radius 1 is 1.00 bits per heavy atom. The number of nitrogens with two attached hydrogens (primary N) is 1. The smallest absolute Gasteiger partial charge is 0.243 e. The van der Waals surface area contributed by atoms with Gasteiger partial charge in [0.2, 0.25) is 15.9 Å². The van der Waals surface area contributed by atoms with Gasteiger partial charge in [-0.2, -0.15) is 4.31 Å². The Hall–Kier alpha value is -1.49. The Bertz CT molecular complexity index is 827. The lowest BCUT2D eigenvalue weighted by Gasteiger charge is -2.33. The minimum Gasteiger partial charge on any atom is -0.370 e. The Balaban J connectivity index is 1.87. The third-order valence-corrected chi connectivity index (χ3v) is 7.91. The number of sulfonamides is 1. The maximum absolute atomic E-state index is 12.6. The number of benzene rings is 1. The second kappa shape index (κ2) is 8.47. The Morgan fingerprint density at radius 2 is 1.58 bits per heavy atom. The third kappa shape index (κ3) is 5.76. The van der Waals surface area contributed by atoms with Crippen LogP contribution in [0.5, 0.6) is 0 Å². The molecule has 0 aliphatic carbocycles.